The van der Waals surface area contributed by atoms with Gasteiger partial charge in [-0.1, -0.05) is 24.2 Å². The summed E-state index contributed by atoms with van der Waals surface area (Å²) in [5.41, 5.74) is 5.82. The average Bonchev–Trinajstić information content (AvgIpc) is 2.96. The maximum absolute atomic E-state index is 12.5. The minimum absolute atomic E-state index is 0.0149. The molecule has 1 fully saturated rings. The van der Waals surface area contributed by atoms with Crippen molar-refractivity contribution in [2.75, 3.05) is 24.6 Å². The molecule has 0 atom stereocenters. The maximum Gasteiger partial charge on any atom is 0.267 e. The fourth-order valence-electron chi connectivity index (χ4n) is 2.70. The Hall–Kier alpha value is -1.30. The molecule has 21 heavy (non-hydrogen) atoms. The Balaban J connectivity index is 2.04. The summed E-state index contributed by atoms with van der Waals surface area (Å²) in [6.07, 6.45) is 5.03. The monoisotopic (exact) mass is 310 g/mol. The van der Waals surface area contributed by atoms with E-state index in [1.165, 1.54) is 37.0 Å². The number of hydrogen-bond acceptors (Lipinski definition) is 5. The molecule has 1 aliphatic carbocycles. The van der Waals surface area contributed by atoms with Crippen LogP contribution in [0.1, 0.15) is 56.1 Å². The molecular weight excluding hydrogens is 284 g/mol. The molecule has 1 aromatic heterocycles. The number of rotatable bonds is 4. The van der Waals surface area contributed by atoms with E-state index in [0.29, 0.717) is 21.7 Å². The second-order valence-corrected chi connectivity index (χ2v) is 7.94. The van der Waals surface area contributed by atoms with Crippen molar-refractivity contribution in [3.63, 3.8) is 0 Å². The number of nitrogens with zero attached hydrogens (tertiary/aromatic N) is 2. The Bertz CT molecular complexity index is 500. The highest BCUT2D eigenvalue weighted by molar-refractivity contribution is 7.18. The molecule has 6 heteroatoms. The van der Waals surface area contributed by atoms with Crippen LogP contribution >= 0.6 is 11.3 Å². The Morgan fingerprint density at radius 2 is 2.05 bits per heavy atom. The molecular formula is C15H26N4OS. The van der Waals surface area contributed by atoms with Gasteiger partial charge in [0.1, 0.15) is 10.7 Å². The van der Waals surface area contributed by atoms with Crippen molar-refractivity contribution in [2.45, 2.75) is 52.0 Å². The first-order valence-electron chi connectivity index (χ1n) is 7.56. The molecule has 1 amide bonds. The number of thiazole rings is 1. The van der Waals surface area contributed by atoms with Crippen LogP contribution in [-0.4, -0.2) is 34.9 Å². The van der Waals surface area contributed by atoms with Crippen molar-refractivity contribution in [3.8, 4) is 0 Å². The molecule has 5 nitrogen and oxygen atoms in total. The normalized spacial score (nSPS) is 16.2. The number of nitrogen functional groups attached to an aromatic ring is 1. The number of carbonyl (C=O) groups excluding carboxylic acids is 1. The van der Waals surface area contributed by atoms with E-state index in [1.54, 1.807) is 4.90 Å². The first-order chi connectivity index (χ1) is 9.76. The number of anilines is 2. The molecule has 2 rings (SSSR count). The topological polar surface area (TPSA) is 71.2 Å². The number of aromatic nitrogens is 1. The first-order valence-corrected chi connectivity index (χ1v) is 8.38. The quantitative estimate of drug-likeness (QED) is 0.896. The zero-order valence-corrected chi connectivity index (χ0v) is 14.2. The van der Waals surface area contributed by atoms with Crippen LogP contribution in [-0.2, 0) is 0 Å². The van der Waals surface area contributed by atoms with Crippen LogP contribution in [0.2, 0.25) is 0 Å². The summed E-state index contributed by atoms with van der Waals surface area (Å²) in [5, 5.41) is 3.97. The molecule has 0 radical (unpaired) electrons. The molecule has 1 heterocycles. The van der Waals surface area contributed by atoms with E-state index >= 15 is 0 Å². The van der Waals surface area contributed by atoms with E-state index in [-0.39, 0.29) is 11.4 Å². The van der Waals surface area contributed by atoms with Crippen LogP contribution in [0.4, 0.5) is 10.9 Å². The number of nitrogens with one attached hydrogen (secondary N) is 1. The lowest BCUT2D eigenvalue weighted by atomic mass is 10.1. The van der Waals surface area contributed by atoms with Crippen LogP contribution in [0, 0.1) is 5.92 Å². The summed E-state index contributed by atoms with van der Waals surface area (Å²) in [6.45, 7) is 6.98. The highest BCUT2D eigenvalue weighted by Gasteiger charge is 2.24. The van der Waals surface area contributed by atoms with Gasteiger partial charge in [0.2, 0.25) is 0 Å². The van der Waals surface area contributed by atoms with Crippen LogP contribution in [0.15, 0.2) is 0 Å². The molecule has 0 aliphatic heterocycles. The van der Waals surface area contributed by atoms with Crippen molar-refractivity contribution < 1.29 is 4.79 Å². The maximum atomic E-state index is 12.5. The predicted octanol–water partition coefficient (Wildman–Crippen LogP) is 3.20. The molecule has 0 aromatic carbocycles. The zero-order valence-electron chi connectivity index (χ0n) is 13.4. The third-order valence-electron chi connectivity index (χ3n) is 3.68. The van der Waals surface area contributed by atoms with Gasteiger partial charge >= 0.3 is 0 Å². The van der Waals surface area contributed by atoms with Gasteiger partial charge in [0.25, 0.3) is 5.91 Å². The van der Waals surface area contributed by atoms with Crippen molar-refractivity contribution >= 4 is 28.2 Å². The van der Waals surface area contributed by atoms with E-state index in [4.69, 9.17) is 5.73 Å². The third-order valence-corrected chi connectivity index (χ3v) is 4.66. The van der Waals surface area contributed by atoms with Crippen LogP contribution in [0.3, 0.4) is 0 Å². The number of hydrogen-bond donors (Lipinski definition) is 2. The highest BCUT2D eigenvalue weighted by Crippen LogP contribution is 2.30. The predicted molar refractivity (Wildman–Crippen MR) is 88.8 cm³/mol. The van der Waals surface area contributed by atoms with E-state index in [9.17, 15) is 4.79 Å². The Morgan fingerprint density at radius 3 is 2.62 bits per heavy atom. The van der Waals surface area contributed by atoms with Gasteiger partial charge in [-0.05, 0) is 39.5 Å². The summed E-state index contributed by atoms with van der Waals surface area (Å²) in [6, 6.07) is 0. The largest absolute Gasteiger partial charge is 0.382 e. The summed E-state index contributed by atoms with van der Waals surface area (Å²) >= 11 is 1.34. The van der Waals surface area contributed by atoms with Crippen molar-refractivity contribution in [1.82, 2.24) is 9.88 Å². The molecule has 0 bridgehead atoms. The highest BCUT2D eigenvalue weighted by atomic mass is 32.1. The van der Waals surface area contributed by atoms with Crippen molar-refractivity contribution in [3.05, 3.63) is 4.88 Å². The van der Waals surface area contributed by atoms with E-state index in [2.05, 4.69) is 31.1 Å². The lowest BCUT2D eigenvalue weighted by molar-refractivity contribution is 0.0779. The van der Waals surface area contributed by atoms with Crippen LogP contribution in [0.5, 0.6) is 0 Å². The standard InChI is InChI=1S/C15H26N4OS/c1-15(2,3)18-14-17-12(16)11(21-14)13(20)19(4)9-10-7-5-6-8-10/h10H,5-9,16H2,1-4H3,(H,17,18). The Morgan fingerprint density at radius 1 is 1.43 bits per heavy atom. The van der Waals surface area contributed by atoms with E-state index < -0.39 is 0 Å². The molecule has 0 unspecified atom stereocenters. The van der Waals surface area contributed by atoms with Crippen molar-refractivity contribution in [1.29, 1.82) is 0 Å². The van der Waals surface area contributed by atoms with Crippen LogP contribution < -0.4 is 11.1 Å². The molecule has 3 N–H and O–H groups in total. The molecule has 0 saturated heterocycles. The summed E-state index contributed by atoms with van der Waals surface area (Å²) in [4.78, 5) is 19.1. The SMILES string of the molecule is CN(CC1CCCC1)C(=O)c1sc(NC(C)(C)C)nc1N. The molecule has 1 aliphatic rings. The van der Waals surface area contributed by atoms with Gasteiger partial charge < -0.3 is 16.0 Å². The second kappa shape index (κ2) is 6.22. The number of amides is 1. The fourth-order valence-corrected chi connectivity index (χ4v) is 3.78. The molecule has 1 aromatic rings. The Labute approximate surface area is 130 Å². The lowest BCUT2D eigenvalue weighted by Gasteiger charge is -2.20. The summed E-state index contributed by atoms with van der Waals surface area (Å²) < 4.78 is 0. The van der Waals surface area contributed by atoms with Crippen LogP contribution in [0.25, 0.3) is 0 Å². The van der Waals surface area contributed by atoms with E-state index in [1.807, 2.05) is 7.05 Å². The minimum atomic E-state index is -0.0969. The zero-order chi connectivity index (χ0) is 15.6. The fraction of sp³-hybridized carbons (Fsp3) is 0.733. The number of nitrogens with two attached hydrogens (primary N) is 1. The van der Waals surface area contributed by atoms with E-state index in [0.717, 1.165) is 6.54 Å². The van der Waals surface area contributed by atoms with Gasteiger partial charge in [-0.2, -0.15) is 0 Å². The smallest absolute Gasteiger partial charge is 0.267 e. The van der Waals surface area contributed by atoms with Gasteiger partial charge in [-0.25, -0.2) is 4.98 Å². The summed E-state index contributed by atoms with van der Waals surface area (Å²) in [5.74, 6) is 0.953. The van der Waals surface area contributed by atoms with Crippen molar-refractivity contribution in [2.24, 2.45) is 5.92 Å². The third kappa shape index (κ3) is 4.33. The van der Waals surface area contributed by atoms with Gasteiger partial charge in [0, 0.05) is 19.1 Å². The average molecular weight is 310 g/mol. The number of carbonyl (C=O) groups is 1. The van der Waals surface area contributed by atoms with Gasteiger partial charge in [-0.15, -0.1) is 0 Å². The Kier molecular flexibility index (Phi) is 4.76. The molecule has 1 saturated carbocycles. The molecule has 118 valence electrons. The second-order valence-electron chi connectivity index (χ2n) is 6.94. The summed E-state index contributed by atoms with van der Waals surface area (Å²) in [7, 11) is 1.86. The minimum Gasteiger partial charge on any atom is -0.382 e. The molecule has 0 spiro atoms. The lowest BCUT2D eigenvalue weighted by Crippen LogP contribution is -2.31. The van der Waals surface area contributed by atoms with Gasteiger partial charge in [0.15, 0.2) is 5.13 Å². The van der Waals surface area contributed by atoms with Gasteiger partial charge in [0.05, 0.1) is 0 Å². The first kappa shape index (κ1) is 16.1. The van der Waals surface area contributed by atoms with Gasteiger partial charge in [-0.3, -0.25) is 4.79 Å².